The van der Waals surface area contributed by atoms with Crippen LogP contribution in [-0.2, 0) is 33.2 Å². The molecule has 17 atom stereocenters. The van der Waals surface area contributed by atoms with Crippen LogP contribution in [-0.4, -0.2) is 193 Å². The number of aliphatic hydroxyl groups is 11. The topological polar surface area (TPSA) is 307 Å². The highest BCUT2D eigenvalue weighted by molar-refractivity contribution is 5.76. The van der Waals surface area contributed by atoms with Crippen LogP contribution in [0.3, 0.4) is 0 Å². The maximum atomic E-state index is 13.3. The Morgan fingerprint density at radius 3 is 1.29 bits per heavy atom. The lowest BCUT2D eigenvalue weighted by molar-refractivity contribution is -0.379. The van der Waals surface area contributed by atoms with Gasteiger partial charge in [0, 0.05) is 6.42 Å². The van der Waals surface area contributed by atoms with Gasteiger partial charge in [0.2, 0.25) is 5.91 Å². The molecule has 1 amide bonds. The lowest BCUT2D eigenvalue weighted by Crippen LogP contribution is -2.66. The molecule has 84 heavy (non-hydrogen) atoms. The van der Waals surface area contributed by atoms with Crippen LogP contribution >= 0.6 is 0 Å². The largest absolute Gasteiger partial charge is 0.394 e. The molecule has 19 heteroatoms. The fourth-order valence-electron chi connectivity index (χ4n) is 10.8. The van der Waals surface area contributed by atoms with E-state index in [1.807, 2.05) is 6.08 Å². The number of amides is 1. The molecule has 488 valence electrons. The molecule has 12 N–H and O–H groups in total. The first kappa shape index (κ1) is 75.7. The van der Waals surface area contributed by atoms with Crippen molar-refractivity contribution in [3.63, 3.8) is 0 Å². The zero-order valence-corrected chi connectivity index (χ0v) is 51.1. The van der Waals surface area contributed by atoms with Crippen molar-refractivity contribution in [1.29, 1.82) is 0 Å². The normalized spacial score (nSPS) is 29.6. The van der Waals surface area contributed by atoms with Crippen molar-refractivity contribution >= 4 is 5.91 Å². The number of unbranched alkanes of at least 4 members (excludes halogenated alkanes) is 24. The van der Waals surface area contributed by atoms with Gasteiger partial charge in [0.25, 0.3) is 0 Å². The predicted molar refractivity (Wildman–Crippen MR) is 323 cm³/mol. The first-order chi connectivity index (χ1) is 40.8. The van der Waals surface area contributed by atoms with Crippen LogP contribution in [0.5, 0.6) is 0 Å². The van der Waals surface area contributed by atoms with E-state index in [-0.39, 0.29) is 18.9 Å². The number of hydrogen-bond donors (Lipinski definition) is 12. The van der Waals surface area contributed by atoms with Crippen LogP contribution in [0.25, 0.3) is 0 Å². The third-order valence-electron chi connectivity index (χ3n) is 16.1. The van der Waals surface area contributed by atoms with Gasteiger partial charge < -0.3 is 89.9 Å². The fraction of sp³-hybridized carbons (Fsp3) is 0.831. The molecule has 17 unspecified atom stereocenters. The molecule has 0 radical (unpaired) electrons. The minimum atomic E-state index is -1.98. The summed E-state index contributed by atoms with van der Waals surface area (Å²) in [5.41, 5.74) is 0. The van der Waals surface area contributed by atoms with E-state index in [9.17, 15) is 61.0 Å². The Labute approximate surface area is 503 Å². The van der Waals surface area contributed by atoms with Crippen molar-refractivity contribution in [3.05, 3.63) is 60.8 Å². The Bertz CT molecular complexity index is 1770. The molecule has 3 aliphatic heterocycles. The minimum Gasteiger partial charge on any atom is -0.394 e. The molecule has 0 aromatic rings. The molecule has 0 bridgehead atoms. The van der Waals surface area contributed by atoms with E-state index in [1.54, 1.807) is 6.08 Å². The molecule has 3 heterocycles. The van der Waals surface area contributed by atoms with Crippen molar-refractivity contribution < 1.29 is 89.4 Å². The van der Waals surface area contributed by atoms with Gasteiger partial charge in [-0.15, -0.1) is 0 Å². The van der Waals surface area contributed by atoms with E-state index in [0.717, 1.165) is 77.0 Å². The van der Waals surface area contributed by atoms with Gasteiger partial charge in [-0.3, -0.25) is 4.79 Å². The molecular formula is C65H115NO18. The predicted octanol–water partition coefficient (Wildman–Crippen LogP) is 7.21. The van der Waals surface area contributed by atoms with Gasteiger partial charge in [-0.05, 0) is 57.8 Å². The van der Waals surface area contributed by atoms with E-state index in [2.05, 4.69) is 67.8 Å². The second-order valence-electron chi connectivity index (χ2n) is 23.2. The first-order valence-electron chi connectivity index (χ1n) is 32.5. The lowest BCUT2D eigenvalue weighted by atomic mass is 9.96. The Morgan fingerprint density at radius 1 is 0.440 bits per heavy atom. The Morgan fingerprint density at radius 2 is 0.821 bits per heavy atom. The first-order valence-corrected chi connectivity index (χ1v) is 32.5. The fourth-order valence-corrected chi connectivity index (χ4v) is 10.8. The quantitative estimate of drug-likeness (QED) is 0.0211. The molecule has 3 fully saturated rings. The molecule has 19 nitrogen and oxygen atoms in total. The minimum absolute atomic E-state index is 0.242. The summed E-state index contributed by atoms with van der Waals surface area (Å²) in [6, 6.07) is -0.971. The Kier molecular flexibility index (Phi) is 42.8. The highest BCUT2D eigenvalue weighted by atomic mass is 16.8. The van der Waals surface area contributed by atoms with Gasteiger partial charge in [-0.2, -0.15) is 0 Å². The van der Waals surface area contributed by atoms with Crippen molar-refractivity contribution in [1.82, 2.24) is 5.32 Å². The molecule has 0 spiro atoms. The number of aliphatic hydroxyl groups excluding tert-OH is 11. The zero-order chi connectivity index (χ0) is 61.2. The third-order valence-corrected chi connectivity index (χ3v) is 16.1. The van der Waals surface area contributed by atoms with Crippen molar-refractivity contribution in [2.75, 3.05) is 26.4 Å². The summed E-state index contributed by atoms with van der Waals surface area (Å²) < 4.78 is 34.2. The lowest BCUT2D eigenvalue weighted by Gasteiger charge is -2.48. The number of carbonyl (C=O) groups is 1. The monoisotopic (exact) mass is 1200 g/mol. The number of nitrogens with one attached hydrogen (secondary N) is 1. The van der Waals surface area contributed by atoms with E-state index in [4.69, 9.17) is 28.4 Å². The molecule has 0 aliphatic carbocycles. The summed E-state index contributed by atoms with van der Waals surface area (Å²) in [5.74, 6) is -0.279. The van der Waals surface area contributed by atoms with E-state index >= 15 is 0 Å². The molecule has 0 aromatic heterocycles. The van der Waals surface area contributed by atoms with E-state index in [0.29, 0.717) is 6.42 Å². The van der Waals surface area contributed by atoms with Crippen LogP contribution in [0.2, 0.25) is 0 Å². The second kappa shape index (κ2) is 47.5. The van der Waals surface area contributed by atoms with Gasteiger partial charge in [0.1, 0.15) is 73.2 Å². The van der Waals surface area contributed by atoms with Crippen LogP contribution < -0.4 is 5.32 Å². The molecule has 0 aromatic carbocycles. The smallest absolute Gasteiger partial charge is 0.220 e. The molecule has 3 aliphatic rings. The molecular weight excluding hydrogens is 1080 g/mol. The zero-order valence-electron chi connectivity index (χ0n) is 51.1. The average Bonchev–Trinajstić information content (AvgIpc) is 2.91. The second-order valence-corrected chi connectivity index (χ2v) is 23.2. The van der Waals surface area contributed by atoms with Crippen LogP contribution in [0.1, 0.15) is 213 Å². The SMILES string of the molecule is CC/C=C\C/C=C\C/C=C\C/C=C\CCCCCCCCCCCCCCCCCCCCC(=O)NC(COC1OC(CO)C(OC2OC(CO)C(OC3OC(CO)C(O)C(O)C3O)C(O)C2O)C(O)C1O)C(O)/C=C/CCCCCCCC. The van der Waals surface area contributed by atoms with Crippen molar-refractivity contribution in [2.45, 2.75) is 317 Å². The number of rotatable bonds is 48. The maximum Gasteiger partial charge on any atom is 0.220 e. The molecule has 3 saturated heterocycles. The number of hydrogen-bond acceptors (Lipinski definition) is 18. The van der Waals surface area contributed by atoms with Gasteiger partial charge in [0.15, 0.2) is 18.9 Å². The van der Waals surface area contributed by atoms with Crippen molar-refractivity contribution in [2.24, 2.45) is 0 Å². The summed E-state index contributed by atoms with van der Waals surface area (Å²) in [4.78, 5) is 13.3. The maximum absolute atomic E-state index is 13.3. The third kappa shape index (κ3) is 30.1. The van der Waals surface area contributed by atoms with E-state index < -0.39 is 124 Å². The van der Waals surface area contributed by atoms with Gasteiger partial charge >= 0.3 is 0 Å². The summed E-state index contributed by atoms with van der Waals surface area (Å²) in [6.07, 6.45) is 29.7. The number of ether oxygens (including phenoxy) is 6. The van der Waals surface area contributed by atoms with Crippen LogP contribution in [0.15, 0.2) is 60.8 Å². The highest BCUT2D eigenvalue weighted by Gasteiger charge is 2.53. The van der Waals surface area contributed by atoms with Gasteiger partial charge in [-0.1, -0.05) is 209 Å². The Hall–Kier alpha value is -2.51. The highest BCUT2D eigenvalue weighted by Crippen LogP contribution is 2.33. The van der Waals surface area contributed by atoms with Crippen LogP contribution in [0.4, 0.5) is 0 Å². The molecule has 3 rings (SSSR count). The number of allylic oxidation sites excluding steroid dienone is 9. The van der Waals surface area contributed by atoms with Gasteiger partial charge in [-0.25, -0.2) is 0 Å². The molecule has 0 saturated carbocycles. The summed E-state index contributed by atoms with van der Waals surface area (Å²) in [7, 11) is 0. The summed E-state index contributed by atoms with van der Waals surface area (Å²) in [5, 5.41) is 120. The van der Waals surface area contributed by atoms with Crippen LogP contribution in [0, 0.1) is 0 Å². The average molecular weight is 1200 g/mol. The Balaban J connectivity index is 1.34. The standard InChI is InChI=1S/C65H115NO18/c1-3-5-7-9-11-13-14-15-16-17-18-19-20-21-22-23-24-25-26-27-28-29-30-31-32-33-34-35-37-39-41-43-53(71)66-48(49(70)42-40-38-36-12-10-8-6-4-2)47-79-63-59(77)56(74)61(51(45-68)81-63)84-65-60(78)57(75)62(52(46-69)82-65)83-64-58(76)55(73)54(72)50(44-67)80-64/h5,7,11,13,15-16,18-19,40,42,48-52,54-65,67-70,72-78H,3-4,6,8-10,12,14,17,20-39,41,43-47H2,1-2H3,(H,66,71)/b7-5-,13-11-,16-15-,19-18-,42-40+. The van der Waals surface area contributed by atoms with Gasteiger partial charge in [0.05, 0.1) is 38.6 Å². The summed E-state index contributed by atoms with van der Waals surface area (Å²) in [6.45, 7) is 1.55. The number of carbonyl (C=O) groups excluding carboxylic acids is 1. The van der Waals surface area contributed by atoms with Crippen molar-refractivity contribution in [3.8, 4) is 0 Å². The van der Waals surface area contributed by atoms with E-state index in [1.165, 1.54) is 109 Å². The summed E-state index contributed by atoms with van der Waals surface area (Å²) >= 11 is 0.